The predicted molar refractivity (Wildman–Crippen MR) is 72.6 cm³/mol. The zero-order valence-corrected chi connectivity index (χ0v) is 12.3. The molecule has 1 atom stereocenters. The summed E-state index contributed by atoms with van der Waals surface area (Å²) in [5, 5.41) is 17.1. The molecule has 0 fully saturated rings. The van der Waals surface area contributed by atoms with Gasteiger partial charge in [0, 0.05) is 0 Å². The molecule has 4 heteroatoms. The number of aliphatic carboxylic acids is 2. The molecule has 0 amide bonds. The first-order valence-electron chi connectivity index (χ1n) is 6.69. The smallest absolute Gasteiger partial charge is 0.309 e. The van der Waals surface area contributed by atoms with Crippen LogP contribution in [0, 0.1) is 11.3 Å². The molecular weight excluding hydrogens is 232 g/mol. The van der Waals surface area contributed by atoms with Crippen LogP contribution < -0.4 is 0 Å². The first-order valence-corrected chi connectivity index (χ1v) is 6.69. The molecule has 0 radical (unpaired) electrons. The van der Waals surface area contributed by atoms with E-state index in [0.29, 0.717) is 0 Å². The Morgan fingerprint density at radius 3 is 1.67 bits per heavy atom. The molecule has 0 bridgehead atoms. The number of carboxylic acids is 2. The summed E-state index contributed by atoms with van der Waals surface area (Å²) in [5.74, 6) is -1.47. The molecular formula is C14H28O4. The molecule has 0 heterocycles. The van der Waals surface area contributed by atoms with Gasteiger partial charge in [-0.3, -0.25) is 9.59 Å². The van der Waals surface area contributed by atoms with Crippen molar-refractivity contribution in [3.05, 3.63) is 0 Å². The standard InChI is InChI=1S/2C7H14O2/c1-4-5-7(2,3)6(8)9;1-3-5-6(4-2)7(8)9/h4-5H2,1-3H3,(H,8,9);6H,3-5H2,1-2H3,(H,8,9). The van der Waals surface area contributed by atoms with E-state index in [0.717, 1.165) is 32.1 Å². The Hall–Kier alpha value is -1.06. The molecule has 0 aliphatic heterocycles. The Morgan fingerprint density at radius 2 is 1.56 bits per heavy atom. The maximum absolute atomic E-state index is 10.4. The number of hydrogen-bond donors (Lipinski definition) is 2. The second kappa shape index (κ2) is 9.92. The van der Waals surface area contributed by atoms with Crippen molar-refractivity contribution in [2.24, 2.45) is 11.3 Å². The first kappa shape index (κ1) is 19.3. The van der Waals surface area contributed by atoms with Crippen LogP contribution in [0.3, 0.4) is 0 Å². The van der Waals surface area contributed by atoms with Crippen LogP contribution >= 0.6 is 0 Å². The Morgan fingerprint density at radius 1 is 1.06 bits per heavy atom. The highest BCUT2D eigenvalue weighted by Crippen LogP contribution is 2.21. The SMILES string of the molecule is CCCC(C)(C)C(=O)O.CCCC(CC)C(=O)O. The van der Waals surface area contributed by atoms with Crippen molar-refractivity contribution in [2.75, 3.05) is 0 Å². The van der Waals surface area contributed by atoms with E-state index < -0.39 is 17.4 Å². The largest absolute Gasteiger partial charge is 0.481 e. The van der Waals surface area contributed by atoms with Crippen LogP contribution in [0.25, 0.3) is 0 Å². The van der Waals surface area contributed by atoms with E-state index in [2.05, 4.69) is 0 Å². The van der Waals surface area contributed by atoms with Crippen LogP contribution in [0.15, 0.2) is 0 Å². The number of carbonyl (C=O) groups is 2. The van der Waals surface area contributed by atoms with Crippen LogP contribution in [-0.4, -0.2) is 22.2 Å². The van der Waals surface area contributed by atoms with Gasteiger partial charge in [0.15, 0.2) is 0 Å². The van der Waals surface area contributed by atoms with Crippen molar-refractivity contribution in [3.63, 3.8) is 0 Å². The van der Waals surface area contributed by atoms with Gasteiger partial charge in [0.05, 0.1) is 11.3 Å². The lowest BCUT2D eigenvalue weighted by atomic mass is 9.88. The van der Waals surface area contributed by atoms with Crippen LogP contribution in [0.2, 0.25) is 0 Å². The minimum Gasteiger partial charge on any atom is -0.481 e. The highest BCUT2D eigenvalue weighted by molar-refractivity contribution is 5.73. The van der Waals surface area contributed by atoms with Crippen molar-refractivity contribution in [2.45, 2.75) is 66.7 Å². The van der Waals surface area contributed by atoms with Crippen molar-refractivity contribution >= 4 is 11.9 Å². The molecule has 0 aromatic heterocycles. The van der Waals surface area contributed by atoms with Gasteiger partial charge in [-0.05, 0) is 33.1 Å². The Balaban J connectivity index is 0. The fourth-order valence-corrected chi connectivity index (χ4v) is 1.58. The summed E-state index contributed by atoms with van der Waals surface area (Å²) in [4.78, 5) is 20.7. The van der Waals surface area contributed by atoms with Crippen LogP contribution in [-0.2, 0) is 9.59 Å². The maximum Gasteiger partial charge on any atom is 0.309 e. The van der Waals surface area contributed by atoms with E-state index in [9.17, 15) is 9.59 Å². The summed E-state index contributed by atoms with van der Waals surface area (Å²) in [6, 6.07) is 0. The second-order valence-corrected chi connectivity index (χ2v) is 5.17. The topological polar surface area (TPSA) is 74.6 Å². The van der Waals surface area contributed by atoms with E-state index >= 15 is 0 Å². The Kier molecular flexibility index (Phi) is 10.6. The molecule has 0 aliphatic carbocycles. The van der Waals surface area contributed by atoms with Gasteiger partial charge in [0.25, 0.3) is 0 Å². The van der Waals surface area contributed by atoms with Gasteiger partial charge in [0.1, 0.15) is 0 Å². The molecule has 0 rings (SSSR count). The third kappa shape index (κ3) is 9.02. The summed E-state index contributed by atoms with van der Waals surface area (Å²) in [6.45, 7) is 9.41. The molecule has 4 nitrogen and oxygen atoms in total. The molecule has 0 saturated heterocycles. The summed E-state index contributed by atoms with van der Waals surface area (Å²) >= 11 is 0. The monoisotopic (exact) mass is 260 g/mol. The molecule has 0 aliphatic rings. The molecule has 0 spiro atoms. The van der Waals surface area contributed by atoms with Crippen LogP contribution in [0.5, 0.6) is 0 Å². The van der Waals surface area contributed by atoms with Crippen molar-refractivity contribution in [3.8, 4) is 0 Å². The van der Waals surface area contributed by atoms with Gasteiger partial charge in [-0.25, -0.2) is 0 Å². The number of carboxylic acid groups (broad SMARTS) is 2. The third-order valence-corrected chi connectivity index (χ3v) is 2.93. The van der Waals surface area contributed by atoms with Crippen LogP contribution in [0.4, 0.5) is 0 Å². The van der Waals surface area contributed by atoms with Gasteiger partial charge in [-0.2, -0.15) is 0 Å². The summed E-state index contributed by atoms with van der Waals surface area (Å²) in [5.41, 5.74) is -0.533. The van der Waals surface area contributed by atoms with Crippen molar-refractivity contribution in [1.82, 2.24) is 0 Å². The van der Waals surface area contributed by atoms with E-state index in [1.54, 1.807) is 13.8 Å². The molecule has 2 N–H and O–H groups in total. The van der Waals surface area contributed by atoms with Crippen molar-refractivity contribution in [1.29, 1.82) is 0 Å². The summed E-state index contributed by atoms with van der Waals surface area (Å²) < 4.78 is 0. The van der Waals surface area contributed by atoms with E-state index in [1.807, 2.05) is 20.8 Å². The van der Waals surface area contributed by atoms with Gasteiger partial charge in [0.2, 0.25) is 0 Å². The zero-order valence-electron chi connectivity index (χ0n) is 12.3. The summed E-state index contributed by atoms with van der Waals surface area (Å²) in [7, 11) is 0. The molecule has 0 aromatic rings. The van der Waals surface area contributed by atoms with Gasteiger partial charge in [-0.15, -0.1) is 0 Å². The van der Waals surface area contributed by atoms with E-state index in [4.69, 9.17) is 10.2 Å². The van der Waals surface area contributed by atoms with E-state index in [-0.39, 0.29) is 5.92 Å². The average molecular weight is 260 g/mol. The molecule has 108 valence electrons. The lowest BCUT2D eigenvalue weighted by Crippen LogP contribution is -2.22. The first-order chi connectivity index (χ1) is 8.22. The second-order valence-electron chi connectivity index (χ2n) is 5.17. The quantitative estimate of drug-likeness (QED) is 0.730. The predicted octanol–water partition coefficient (Wildman–Crippen LogP) is 3.79. The fourth-order valence-electron chi connectivity index (χ4n) is 1.58. The maximum atomic E-state index is 10.4. The fraction of sp³-hybridized carbons (Fsp3) is 0.857. The lowest BCUT2D eigenvalue weighted by Gasteiger charge is -2.16. The Bertz CT molecular complexity index is 246. The molecule has 0 aromatic carbocycles. The minimum atomic E-state index is -0.704. The summed E-state index contributed by atoms with van der Waals surface area (Å²) in [6.07, 6.45) is 4.21. The minimum absolute atomic E-state index is 0.116. The lowest BCUT2D eigenvalue weighted by molar-refractivity contribution is -0.147. The molecule has 0 saturated carbocycles. The number of hydrogen-bond acceptors (Lipinski definition) is 2. The van der Waals surface area contributed by atoms with Gasteiger partial charge < -0.3 is 10.2 Å². The van der Waals surface area contributed by atoms with Crippen LogP contribution in [0.1, 0.15) is 66.7 Å². The van der Waals surface area contributed by atoms with Crippen molar-refractivity contribution < 1.29 is 19.8 Å². The zero-order chi connectivity index (χ0) is 14.8. The molecule has 1 unspecified atom stereocenters. The van der Waals surface area contributed by atoms with E-state index in [1.165, 1.54) is 0 Å². The van der Waals surface area contributed by atoms with Gasteiger partial charge in [-0.1, -0.05) is 33.6 Å². The van der Waals surface area contributed by atoms with Gasteiger partial charge >= 0.3 is 11.9 Å². The third-order valence-electron chi connectivity index (χ3n) is 2.93. The highest BCUT2D eigenvalue weighted by atomic mass is 16.4. The Labute approximate surface area is 110 Å². The molecule has 18 heavy (non-hydrogen) atoms. The number of rotatable bonds is 7. The highest BCUT2D eigenvalue weighted by Gasteiger charge is 2.25. The normalized spacial score (nSPS) is 12.3. The average Bonchev–Trinajstić information content (AvgIpc) is 2.26.